The summed E-state index contributed by atoms with van der Waals surface area (Å²) < 4.78 is 25.5. The van der Waals surface area contributed by atoms with Gasteiger partial charge in [0.1, 0.15) is 5.54 Å². The Kier molecular flexibility index (Phi) is 3.59. The molecule has 0 amide bonds. The molecule has 1 rings (SSSR count). The lowest BCUT2D eigenvalue weighted by atomic mass is 10.1. The lowest BCUT2D eigenvalue weighted by Crippen LogP contribution is -2.46. The van der Waals surface area contributed by atoms with E-state index in [9.17, 15) is 13.6 Å². The van der Waals surface area contributed by atoms with E-state index in [1.807, 2.05) is 0 Å². The van der Waals surface area contributed by atoms with Gasteiger partial charge in [-0.1, -0.05) is 6.07 Å². The third kappa shape index (κ3) is 3.00. The number of benzene rings is 1. The molecule has 0 bridgehead atoms. The van der Waals surface area contributed by atoms with Crippen molar-refractivity contribution in [2.45, 2.75) is 25.9 Å². The van der Waals surface area contributed by atoms with Crippen LogP contribution < -0.4 is 5.32 Å². The van der Waals surface area contributed by atoms with Crippen LogP contribution in [0.2, 0.25) is 0 Å². The average Bonchev–Trinajstić information content (AvgIpc) is 2.20. The molecule has 0 fully saturated rings. The SMILES string of the molecule is CC(C)(NCc1ccc(F)c(F)c1)C(=O)O. The second-order valence-corrected chi connectivity index (χ2v) is 4.03. The molecule has 2 N–H and O–H groups in total. The van der Waals surface area contributed by atoms with Gasteiger partial charge in [0.25, 0.3) is 0 Å². The van der Waals surface area contributed by atoms with E-state index in [1.165, 1.54) is 19.9 Å². The van der Waals surface area contributed by atoms with E-state index < -0.39 is 23.1 Å². The normalized spacial score (nSPS) is 11.5. The zero-order chi connectivity index (χ0) is 12.3. The smallest absolute Gasteiger partial charge is 0.323 e. The van der Waals surface area contributed by atoms with Crippen molar-refractivity contribution in [3.8, 4) is 0 Å². The van der Waals surface area contributed by atoms with Crippen molar-refractivity contribution in [2.24, 2.45) is 0 Å². The number of nitrogens with one attached hydrogen (secondary N) is 1. The predicted octanol–water partition coefficient (Wildman–Crippen LogP) is 1.92. The Labute approximate surface area is 92.1 Å². The Bertz CT molecular complexity index is 405. The van der Waals surface area contributed by atoms with Gasteiger partial charge in [-0.05, 0) is 31.5 Å². The largest absolute Gasteiger partial charge is 0.480 e. The molecule has 3 nitrogen and oxygen atoms in total. The maximum Gasteiger partial charge on any atom is 0.323 e. The molecule has 5 heteroatoms. The summed E-state index contributed by atoms with van der Waals surface area (Å²) in [5.74, 6) is -2.86. The second kappa shape index (κ2) is 4.57. The summed E-state index contributed by atoms with van der Waals surface area (Å²) in [6, 6.07) is 3.46. The fourth-order valence-corrected chi connectivity index (χ4v) is 1.05. The van der Waals surface area contributed by atoms with Crippen LogP contribution in [0.3, 0.4) is 0 Å². The fourth-order valence-electron chi connectivity index (χ4n) is 1.05. The third-order valence-electron chi connectivity index (χ3n) is 2.25. The number of carboxylic acids is 1. The van der Waals surface area contributed by atoms with Gasteiger partial charge in [0.15, 0.2) is 11.6 Å². The molecule has 1 aromatic rings. The highest BCUT2D eigenvalue weighted by molar-refractivity contribution is 5.77. The van der Waals surface area contributed by atoms with E-state index >= 15 is 0 Å². The van der Waals surface area contributed by atoms with Crippen molar-refractivity contribution in [1.82, 2.24) is 5.32 Å². The maximum atomic E-state index is 12.8. The van der Waals surface area contributed by atoms with Gasteiger partial charge in [-0.25, -0.2) is 8.78 Å². The number of rotatable bonds is 4. The quantitative estimate of drug-likeness (QED) is 0.829. The first-order chi connectivity index (χ1) is 7.33. The van der Waals surface area contributed by atoms with Gasteiger partial charge in [0.2, 0.25) is 0 Å². The van der Waals surface area contributed by atoms with Crippen LogP contribution >= 0.6 is 0 Å². The van der Waals surface area contributed by atoms with Crippen LogP contribution in [0, 0.1) is 11.6 Å². The first kappa shape index (κ1) is 12.6. The maximum absolute atomic E-state index is 12.8. The minimum Gasteiger partial charge on any atom is -0.480 e. The molecule has 88 valence electrons. The van der Waals surface area contributed by atoms with Crippen molar-refractivity contribution in [1.29, 1.82) is 0 Å². The molecule has 16 heavy (non-hydrogen) atoms. The van der Waals surface area contributed by atoms with Crippen molar-refractivity contribution in [3.05, 3.63) is 35.4 Å². The highest BCUT2D eigenvalue weighted by atomic mass is 19.2. The molecule has 0 unspecified atom stereocenters. The molecular weight excluding hydrogens is 216 g/mol. The van der Waals surface area contributed by atoms with E-state index in [0.29, 0.717) is 5.56 Å². The van der Waals surface area contributed by atoms with Crippen molar-refractivity contribution in [3.63, 3.8) is 0 Å². The summed E-state index contributed by atoms with van der Waals surface area (Å²) >= 11 is 0. The summed E-state index contributed by atoms with van der Waals surface area (Å²) in [5.41, 5.74) is -0.613. The lowest BCUT2D eigenvalue weighted by Gasteiger charge is -2.21. The molecule has 1 aromatic carbocycles. The van der Waals surface area contributed by atoms with Gasteiger partial charge in [0.05, 0.1) is 0 Å². The summed E-state index contributed by atoms with van der Waals surface area (Å²) in [4.78, 5) is 10.8. The molecular formula is C11H13F2NO2. The molecule has 0 heterocycles. The molecule has 0 aliphatic rings. The van der Waals surface area contributed by atoms with Crippen LogP contribution in [0.5, 0.6) is 0 Å². The monoisotopic (exact) mass is 229 g/mol. The van der Waals surface area contributed by atoms with E-state index in [4.69, 9.17) is 5.11 Å². The topological polar surface area (TPSA) is 49.3 Å². The van der Waals surface area contributed by atoms with Crippen LogP contribution in [0.15, 0.2) is 18.2 Å². The van der Waals surface area contributed by atoms with E-state index in [2.05, 4.69) is 5.32 Å². The van der Waals surface area contributed by atoms with Crippen LogP contribution in [-0.2, 0) is 11.3 Å². The molecule has 0 atom stereocenters. The number of hydrogen-bond acceptors (Lipinski definition) is 2. The van der Waals surface area contributed by atoms with Crippen molar-refractivity contribution < 1.29 is 18.7 Å². The molecule has 0 radical (unpaired) electrons. The minimum atomic E-state index is -1.11. The average molecular weight is 229 g/mol. The first-order valence-corrected chi connectivity index (χ1v) is 4.75. The van der Waals surface area contributed by atoms with Gasteiger partial charge in [0, 0.05) is 6.54 Å². The number of aliphatic carboxylic acids is 1. The number of hydrogen-bond donors (Lipinski definition) is 2. The summed E-state index contributed by atoms with van der Waals surface area (Å²) in [6.07, 6.45) is 0. The van der Waals surface area contributed by atoms with Crippen LogP contribution in [0.1, 0.15) is 19.4 Å². The van der Waals surface area contributed by atoms with Crippen molar-refractivity contribution >= 4 is 5.97 Å². The molecule has 0 aromatic heterocycles. The van der Waals surface area contributed by atoms with Gasteiger partial charge in [-0.15, -0.1) is 0 Å². The van der Waals surface area contributed by atoms with Crippen LogP contribution in [-0.4, -0.2) is 16.6 Å². The van der Waals surface area contributed by atoms with Crippen LogP contribution in [0.4, 0.5) is 8.78 Å². The van der Waals surface area contributed by atoms with Crippen LogP contribution in [0.25, 0.3) is 0 Å². The Morgan fingerprint density at radius 1 is 1.38 bits per heavy atom. The molecule has 0 spiro atoms. The molecule has 0 aliphatic heterocycles. The highest BCUT2D eigenvalue weighted by Crippen LogP contribution is 2.10. The molecule has 0 saturated heterocycles. The Morgan fingerprint density at radius 2 is 2.00 bits per heavy atom. The van der Waals surface area contributed by atoms with Gasteiger partial charge < -0.3 is 5.11 Å². The van der Waals surface area contributed by atoms with E-state index in [0.717, 1.165) is 12.1 Å². The lowest BCUT2D eigenvalue weighted by molar-refractivity contribution is -0.143. The Morgan fingerprint density at radius 3 is 2.50 bits per heavy atom. The van der Waals surface area contributed by atoms with Gasteiger partial charge >= 0.3 is 5.97 Å². The van der Waals surface area contributed by atoms with Gasteiger partial charge in [-0.2, -0.15) is 0 Å². The number of carbonyl (C=O) groups is 1. The fraction of sp³-hybridized carbons (Fsp3) is 0.364. The highest BCUT2D eigenvalue weighted by Gasteiger charge is 2.25. The Balaban J connectivity index is 2.68. The standard InChI is InChI=1S/C11H13F2NO2/c1-11(2,10(15)16)14-6-7-3-4-8(12)9(13)5-7/h3-5,14H,6H2,1-2H3,(H,15,16). The summed E-state index contributed by atoms with van der Waals surface area (Å²) in [6.45, 7) is 3.15. The summed E-state index contributed by atoms with van der Waals surface area (Å²) in [5, 5.41) is 11.6. The zero-order valence-corrected chi connectivity index (χ0v) is 9.05. The minimum absolute atomic E-state index is 0.163. The number of carboxylic acid groups (broad SMARTS) is 1. The Hall–Kier alpha value is -1.49. The molecule has 0 aliphatic carbocycles. The third-order valence-corrected chi connectivity index (χ3v) is 2.25. The van der Waals surface area contributed by atoms with E-state index in [-0.39, 0.29) is 6.54 Å². The zero-order valence-electron chi connectivity index (χ0n) is 9.05. The van der Waals surface area contributed by atoms with E-state index in [1.54, 1.807) is 0 Å². The van der Waals surface area contributed by atoms with Gasteiger partial charge in [-0.3, -0.25) is 10.1 Å². The van der Waals surface area contributed by atoms with Crippen molar-refractivity contribution in [2.75, 3.05) is 0 Å². The second-order valence-electron chi connectivity index (χ2n) is 4.03. The number of halogens is 2. The molecule has 0 saturated carbocycles. The first-order valence-electron chi connectivity index (χ1n) is 4.75. The summed E-state index contributed by atoms with van der Waals surface area (Å²) in [7, 11) is 0. The predicted molar refractivity (Wildman–Crippen MR) is 54.9 cm³/mol.